The maximum atomic E-state index is 13.3. The number of alkyl halides is 1. The van der Waals surface area contributed by atoms with Crippen LogP contribution in [0.5, 0.6) is 5.75 Å². The molecule has 1 aromatic carbocycles. The second-order valence-electron chi connectivity index (χ2n) is 21.3. The molecule has 26 nitrogen and oxygen atoms in total. The molecular weight excluding hydrogens is 1130 g/mol. The predicted octanol–water partition coefficient (Wildman–Crippen LogP) is -1.78. The maximum absolute atomic E-state index is 13.3. The van der Waals surface area contributed by atoms with Gasteiger partial charge in [0, 0.05) is 41.7 Å². The number of phenolic OH excluding ortho intramolecular Hbond substituents is 1. The van der Waals surface area contributed by atoms with Crippen molar-refractivity contribution in [1.29, 1.82) is 5.41 Å². The second-order valence-corrected chi connectivity index (χ2v) is 24.1. The van der Waals surface area contributed by atoms with Crippen molar-refractivity contribution < 1.29 is 95.5 Å². The van der Waals surface area contributed by atoms with E-state index in [0.29, 0.717) is 35.1 Å². The molecule has 3 fully saturated rings. The Morgan fingerprint density at radius 3 is 2.23 bits per heavy atom. The SMILES string of the molecule is CCC[C@@H]1C[C@@H](C(=O)N[C@@H]([C@H]2O[C@H](SC)[C@H](O)[C@@H](O)[C@H]2O)[C@H](C)Cl)N(C)C1.C[C@@H](O)[C@H]1C(=O)N2C(C(=O)O)=C(SCCNC=N)C[C@H]12.C[C@H]1c2cccc(O)c2C(=O)C2=C(O)[C@]3(O)C(=O)C(C(N)=O)=C(O)[C@@H](N(C)C)[C@@H]3[C@@H](O)[C@@H]21.O.O. The summed E-state index contributed by atoms with van der Waals surface area (Å²) in [5, 5.41) is 116. The number of nitrogens with one attached hydrogen (secondary N) is 3. The number of aromatic hydroxyl groups is 1. The van der Waals surface area contributed by atoms with Gasteiger partial charge in [-0.15, -0.1) is 35.1 Å². The smallest absolute Gasteiger partial charge is 0.353 e. The number of carboxylic acid groups (broad SMARTS) is 1. The number of nitrogens with two attached hydrogens (primary N) is 1. The molecule has 1 aromatic rings. The Morgan fingerprint density at radius 2 is 1.69 bits per heavy atom. The lowest BCUT2D eigenvalue weighted by Gasteiger charge is -2.53. The van der Waals surface area contributed by atoms with Crippen molar-refractivity contribution in [3.8, 4) is 5.75 Å². The first kappa shape index (κ1) is 68.6. The lowest BCUT2D eigenvalue weighted by Crippen LogP contribution is -2.68. The number of likely N-dealkylation sites (N-methyl/N-ethyl adjacent to an activating group) is 2. The van der Waals surface area contributed by atoms with E-state index in [-0.39, 0.29) is 51.9 Å². The van der Waals surface area contributed by atoms with Gasteiger partial charge in [0.1, 0.15) is 58.4 Å². The number of benzene rings is 1. The third-order valence-electron chi connectivity index (χ3n) is 16.1. The zero-order valence-electron chi connectivity index (χ0n) is 46.0. The number of likely N-dealkylation sites (tertiary alicyclic amines) is 1. The highest BCUT2D eigenvalue weighted by molar-refractivity contribution is 8.03. The Morgan fingerprint density at radius 1 is 1.05 bits per heavy atom. The molecule has 19 N–H and O–H groups in total. The number of phenols is 1. The standard InChI is InChI=1S/C22H24N2O8.C18H33ClN2O5S.C12H17N3O4S.2H2O/c1-7-8-5-4-6-9(25)11(8)16(26)12-10(7)17(27)14-15(24(2)3)18(28)13(21(23)31)20(30)22(14,32)19(12)29;1-5-6-10-7-11(21(3)8-10)17(25)20-12(9(2)19)16-14(23)13(22)15(24)18(26-16)27-4;1-6(16)9-7-4-8(20-3-2-14-5-13)10(12(18)19)15(7)11(9)17;;/h4-7,10,14-15,17,25,27-29,32H,1-3H3,(H2,23,31);9-16,18,22-24H,5-8H2,1-4H3,(H,20,25);5-7,9,16H,2-4H2,1H3,(H2,13,14)(H,18,19);2*1H2/t7-,10+,14+,15-,17-,22-;9-,10+,11-,12+,13-,14+,15+,16+,18+;6-,7-,9-;;/m001../s1. The molecular formula is C52H78ClN7O19S2. The molecule has 29 heteroatoms. The number of Topliss-reactive ketones (excluding diaryl/α,β-unsaturated/α-hetero) is 2. The van der Waals surface area contributed by atoms with Crippen LogP contribution in [-0.2, 0) is 28.7 Å². The van der Waals surface area contributed by atoms with Gasteiger partial charge in [0.15, 0.2) is 11.4 Å². The Balaban J connectivity index is 0.000000265. The largest absolute Gasteiger partial charge is 0.510 e. The van der Waals surface area contributed by atoms with Crippen LogP contribution in [0.4, 0.5) is 0 Å². The Kier molecular flexibility index (Phi) is 23.4. The van der Waals surface area contributed by atoms with Crippen LogP contribution in [0.15, 0.2) is 51.5 Å². The van der Waals surface area contributed by atoms with Gasteiger partial charge in [-0.1, -0.05) is 32.4 Å². The number of aliphatic carboxylic acids is 1. The van der Waals surface area contributed by atoms with Crippen molar-refractivity contribution in [3.05, 3.63) is 62.6 Å². The van der Waals surface area contributed by atoms with Gasteiger partial charge >= 0.3 is 5.97 Å². The van der Waals surface area contributed by atoms with Gasteiger partial charge in [0.05, 0.1) is 65.5 Å². The number of aliphatic hydroxyl groups excluding tert-OH is 7. The zero-order chi connectivity index (χ0) is 59.0. The molecule has 0 radical (unpaired) electrons. The topological polar surface area (TPSA) is 461 Å². The van der Waals surface area contributed by atoms with Gasteiger partial charge in [-0.3, -0.25) is 39.2 Å². The number of nitrogens with zero attached hydrogens (tertiary/aromatic N) is 3. The molecule has 3 amide bonds. The highest BCUT2D eigenvalue weighted by atomic mass is 35.5. The molecule has 3 saturated heterocycles. The summed E-state index contributed by atoms with van der Waals surface area (Å²) < 4.78 is 5.79. The number of carbonyl (C=O) groups excluding carboxylic acids is 5. The predicted molar refractivity (Wildman–Crippen MR) is 298 cm³/mol. The minimum Gasteiger partial charge on any atom is -0.510 e. The van der Waals surface area contributed by atoms with Crippen LogP contribution >= 0.6 is 35.1 Å². The van der Waals surface area contributed by atoms with Crippen LogP contribution in [0.1, 0.15) is 75.2 Å². The summed E-state index contributed by atoms with van der Waals surface area (Å²) in [4.78, 5) is 80.0. The number of carboxylic acids is 1. The number of rotatable bonds is 16. The van der Waals surface area contributed by atoms with Gasteiger partial charge in [0.2, 0.25) is 17.6 Å². The number of ketones is 2. The van der Waals surface area contributed by atoms with E-state index in [2.05, 4.69) is 17.6 Å². The van der Waals surface area contributed by atoms with Gasteiger partial charge in [0.25, 0.3) is 5.91 Å². The molecule has 454 valence electrons. The third kappa shape index (κ3) is 12.6. The molecule has 81 heavy (non-hydrogen) atoms. The molecule has 0 spiro atoms. The molecule has 0 aromatic heterocycles. The molecule has 7 aliphatic rings. The average molecular weight is 1200 g/mol. The average Bonchev–Trinajstić information content (AvgIpc) is 3.92. The summed E-state index contributed by atoms with van der Waals surface area (Å²) in [6.45, 7) is 8.53. The van der Waals surface area contributed by atoms with Gasteiger partial charge < -0.3 is 88.0 Å². The van der Waals surface area contributed by atoms with Gasteiger partial charge in [-0.25, -0.2) is 4.79 Å². The molecule has 0 unspecified atom stereocenters. The minimum atomic E-state index is -2.89. The first-order valence-corrected chi connectivity index (χ1v) is 28.6. The van der Waals surface area contributed by atoms with E-state index < -0.39 is 135 Å². The lowest BCUT2D eigenvalue weighted by atomic mass is 9.55. The van der Waals surface area contributed by atoms with Crippen molar-refractivity contribution >= 4 is 76.7 Å². The van der Waals surface area contributed by atoms with Crippen molar-refractivity contribution in [1.82, 2.24) is 25.3 Å². The van der Waals surface area contributed by atoms with Crippen LogP contribution in [-0.4, -0.2) is 242 Å². The number of fused-ring (bicyclic) bond motifs is 4. The fraction of sp³-hybridized carbons (Fsp3) is 0.635. The number of hydrogen-bond donors (Lipinski definition) is 14. The third-order valence-corrected chi connectivity index (χ3v) is 18.4. The molecule has 0 saturated carbocycles. The Bertz CT molecular complexity index is 2640. The summed E-state index contributed by atoms with van der Waals surface area (Å²) in [6.07, 6.45) is -0.879. The number of primary amides is 1. The van der Waals surface area contributed by atoms with Gasteiger partial charge in [-0.05, 0) is 77.6 Å². The normalized spacial score (nSPS) is 33.3. The summed E-state index contributed by atoms with van der Waals surface area (Å²) in [5.74, 6) is -9.80. The molecule has 4 heterocycles. The van der Waals surface area contributed by atoms with E-state index in [1.165, 1.54) is 53.5 Å². The van der Waals surface area contributed by atoms with E-state index in [0.717, 1.165) is 32.1 Å². The van der Waals surface area contributed by atoms with Gasteiger partial charge in [-0.2, -0.15) is 0 Å². The van der Waals surface area contributed by atoms with Crippen LogP contribution in [0.25, 0.3) is 0 Å². The number of hydrogen-bond acceptors (Lipinski definition) is 21. The van der Waals surface area contributed by atoms with Crippen LogP contribution < -0.4 is 16.4 Å². The highest BCUT2D eigenvalue weighted by Crippen LogP contribution is 2.55. The first-order chi connectivity index (χ1) is 37.1. The number of halogens is 1. The Labute approximate surface area is 481 Å². The quantitative estimate of drug-likeness (QED) is 0.0217. The van der Waals surface area contributed by atoms with Crippen LogP contribution in [0, 0.1) is 29.1 Å². The number of aliphatic hydroxyl groups is 8. The van der Waals surface area contributed by atoms with Crippen molar-refractivity contribution in [2.24, 2.45) is 29.4 Å². The maximum Gasteiger partial charge on any atom is 0.353 e. The van der Waals surface area contributed by atoms with E-state index in [1.807, 2.05) is 11.9 Å². The van der Waals surface area contributed by atoms with Crippen LogP contribution in [0.3, 0.4) is 0 Å². The summed E-state index contributed by atoms with van der Waals surface area (Å²) >= 11 is 8.93. The fourth-order valence-corrected chi connectivity index (χ4v) is 14.3. The summed E-state index contributed by atoms with van der Waals surface area (Å²) in [5.41, 5.74) is 0.713. The monoisotopic (exact) mass is 1200 g/mol. The molecule has 0 bridgehead atoms. The molecule has 8 rings (SSSR count). The van der Waals surface area contributed by atoms with Crippen molar-refractivity contribution in [3.63, 3.8) is 0 Å². The van der Waals surface area contributed by atoms with Crippen molar-refractivity contribution in [2.75, 3.05) is 46.2 Å². The Hall–Kier alpha value is -4.92. The highest BCUT2D eigenvalue weighted by Gasteiger charge is 2.67. The number of β-lactam (4-membered cyclic amide) rings is 1. The number of thioether (sulfide) groups is 2. The second kappa shape index (κ2) is 27.6. The molecule has 18 atom stereocenters. The number of carbonyl (C=O) groups is 6. The van der Waals surface area contributed by atoms with E-state index in [9.17, 15) is 79.8 Å². The lowest BCUT2D eigenvalue weighted by molar-refractivity contribution is -0.205. The fourth-order valence-electron chi connectivity index (χ4n) is 12.4. The van der Waals surface area contributed by atoms with Crippen LogP contribution in [0.2, 0.25) is 0 Å². The molecule has 4 aliphatic heterocycles. The minimum absolute atomic E-state index is 0. The number of ether oxygens (including phenoxy) is 1. The number of amides is 3. The summed E-state index contributed by atoms with van der Waals surface area (Å²) in [6, 6.07) is 2.00. The van der Waals surface area contributed by atoms with Crippen molar-refractivity contribution in [2.45, 2.75) is 137 Å². The summed E-state index contributed by atoms with van der Waals surface area (Å²) in [7, 11) is 4.91. The zero-order valence-corrected chi connectivity index (χ0v) is 48.4. The first-order valence-electron chi connectivity index (χ1n) is 25.9. The molecule has 3 aliphatic carbocycles. The van der Waals surface area contributed by atoms with E-state index >= 15 is 0 Å². The van der Waals surface area contributed by atoms with E-state index in [4.69, 9.17) is 27.5 Å². The van der Waals surface area contributed by atoms with E-state index in [1.54, 1.807) is 39.2 Å².